The average molecular weight is 678 g/mol. The van der Waals surface area contributed by atoms with Gasteiger partial charge in [-0.05, 0) is 64.8 Å². The van der Waals surface area contributed by atoms with E-state index in [9.17, 15) is 23.2 Å². The van der Waals surface area contributed by atoms with E-state index in [-0.39, 0.29) is 67.4 Å². The third-order valence-corrected chi connectivity index (χ3v) is 11.1. The number of amides is 3. The highest BCUT2D eigenvalue weighted by atomic mass is 35.5. The van der Waals surface area contributed by atoms with Crippen LogP contribution in [0.5, 0.6) is 0 Å². The number of likely N-dealkylation sites (tertiary alicyclic amines) is 2. The summed E-state index contributed by atoms with van der Waals surface area (Å²) in [6, 6.07) is 6.18. The van der Waals surface area contributed by atoms with Crippen molar-refractivity contribution in [2.75, 3.05) is 52.9 Å². The second-order valence-electron chi connectivity index (χ2n) is 16.4. The molecule has 0 bridgehead atoms. The van der Waals surface area contributed by atoms with Gasteiger partial charge in [0.05, 0.1) is 12.0 Å². The summed E-state index contributed by atoms with van der Waals surface area (Å²) >= 11 is 6.24. The van der Waals surface area contributed by atoms with E-state index >= 15 is 0 Å². The summed E-state index contributed by atoms with van der Waals surface area (Å²) in [5, 5.41) is 0.631. The minimum atomic E-state index is -2.73. The lowest BCUT2D eigenvalue weighted by Crippen LogP contribution is -2.54. The lowest BCUT2D eigenvalue weighted by molar-refractivity contribution is -0.149. The molecule has 11 heteroatoms. The molecule has 0 N–H and O–H groups in total. The number of hydrogen-bond donors (Lipinski definition) is 0. The van der Waals surface area contributed by atoms with Crippen LogP contribution >= 0.6 is 11.6 Å². The third kappa shape index (κ3) is 7.96. The predicted octanol–water partition coefficient (Wildman–Crippen LogP) is 5.35. The lowest BCUT2D eigenvalue weighted by Gasteiger charge is -2.43. The Labute approximate surface area is 284 Å². The van der Waals surface area contributed by atoms with Crippen LogP contribution in [-0.2, 0) is 14.4 Å². The quantitative estimate of drug-likeness (QED) is 0.421. The van der Waals surface area contributed by atoms with Gasteiger partial charge < -0.3 is 19.6 Å². The number of halogens is 3. The largest absolute Gasteiger partial charge is 0.338 e. The summed E-state index contributed by atoms with van der Waals surface area (Å²) in [4.78, 5) is 53.3. The van der Waals surface area contributed by atoms with Crippen LogP contribution in [0.2, 0.25) is 5.02 Å². The fraction of sp³-hybridized carbons (Fsp3) is 0.750. The molecule has 1 saturated carbocycles. The maximum Gasteiger partial charge on any atom is 0.248 e. The Bertz CT molecular complexity index is 1290. The first-order valence-electron chi connectivity index (χ1n) is 17.3. The van der Waals surface area contributed by atoms with E-state index in [1.165, 1.54) is 0 Å². The van der Waals surface area contributed by atoms with E-state index in [0.29, 0.717) is 37.6 Å². The molecule has 0 unspecified atom stereocenters. The lowest BCUT2D eigenvalue weighted by atomic mass is 9.86. The van der Waals surface area contributed by atoms with Gasteiger partial charge in [-0.3, -0.25) is 19.3 Å². The van der Waals surface area contributed by atoms with Gasteiger partial charge in [0.15, 0.2) is 0 Å². The number of carbonyl (C=O) groups excluding carboxylic acids is 3. The molecule has 4 fully saturated rings. The van der Waals surface area contributed by atoms with Crippen LogP contribution in [0.4, 0.5) is 8.78 Å². The highest BCUT2D eigenvalue weighted by molar-refractivity contribution is 6.30. The Morgan fingerprint density at radius 2 is 1.45 bits per heavy atom. The first kappa shape index (κ1) is 36.0. The van der Waals surface area contributed by atoms with Gasteiger partial charge in [-0.2, -0.15) is 0 Å². The van der Waals surface area contributed by atoms with Crippen LogP contribution in [0.3, 0.4) is 0 Å². The van der Waals surface area contributed by atoms with E-state index in [0.717, 1.165) is 18.7 Å². The van der Waals surface area contributed by atoms with Crippen LogP contribution < -0.4 is 0 Å². The summed E-state index contributed by atoms with van der Waals surface area (Å²) in [5.74, 6) is -3.49. The summed E-state index contributed by atoms with van der Waals surface area (Å²) < 4.78 is 28.6. The molecule has 0 radical (unpaired) electrons. The van der Waals surface area contributed by atoms with Crippen molar-refractivity contribution in [3.05, 3.63) is 34.9 Å². The number of nitrogens with zero attached hydrogens (tertiary/aromatic N) is 5. The number of carbonyl (C=O) groups is 3. The summed E-state index contributed by atoms with van der Waals surface area (Å²) in [6.07, 6.45) is 0.194. The zero-order valence-electron chi connectivity index (χ0n) is 29.3. The third-order valence-electron chi connectivity index (χ3n) is 10.9. The van der Waals surface area contributed by atoms with Crippen LogP contribution in [0.15, 0.2) is 24.3 Å². The second-order valence-corrected chi connectivity index (χ2v) is 16.9. The second kappa shape index (κ2) is 13.5. The molecule has 3 saturated heterocycles. The molecular formula is C36H54ClF2N5O3. The van der Waals surface area contributed by atoms with E-state index in [4.69, 9.17) is 11.6 Å². The van der Waals surface area contributed by atoms with Gasteiger partial charge in [-0.25, -0.2) is 8.78 Å². The highest BCUT2D eigenvalue weighted by Crippen LogP contribution is 2.42. The fourth-order valence-corrected chi connectivity index (χ4v) is 8.04. The monoisotopic (exact) mass is 677 g/mol. The molecule has 0 spiro atoms. The normalized spacial score (nSPS) is 28.1. The zero-order chi connectivity index (χ0) is 34.5. The van der Waals surface area contributed by atoms with Gasteiger partial charge in [-0.1, -0.05) is 44.5 Å². The minimum Gasteiger partial charge on any atom is -0.338 e. The van der Waals surface area contributed by atoms with Crippen molar-refractivity contribution in [2.45, 2.75) is 109 Å². The molecule has 4 atom stereocenters. The Balaban J connectivity index is 1.49. The average Bonchev–Trinajstić information content (AvgIpc) is 3.64. The molecule has 0 aromatic heterocycles. The maximum atomic E-state index is 14.9. The number of piperazine rings is 1. The van der Waals surface area contributed by atoms with Crippen LogP contribution in [0, 0.1) is 11.3 Å². The van der Waals surface area contributed by atoms with E-state index in [1.54, 1.807) is 9.80 Å². The highest BCUT2D eigenvalue weighted by Gasteiger charge is 2.52. The predicted molar refractivity (Wildman–Crippen MR) is 180 cm³/mol. The Morgan fingerprint density at radius 1 is 0.851 bits per heavy atom. The molecular weight excluding hydrogens is 624 g/mol. The van der Waals surface area contributed by atoms with E-state index in [2.05, 4.69) is 30.6 Å². The molecule has 1 aromatic carbocycles. The first-order chi connectivity index (χ1) is 21.9. The smallest absolute Gasteiger partial charge is 0.248 e. The minimum absolute atomic E-state index is 0.0787. The number of likely N-dealkylation sites (N-methyl/N-ethyl adjacent to an activating group) is 1. The molecule has 3 aliphatic heterocycles. The molecule has 3 heterocycles. The molecule has 1 aromatic rings. The van der Waals surface area contributed by atoms with Crippen molar-refractivity contribution in [1.29, 1.82) is 0 Å². The number of benzene rings is 1. The van der Waals surface area contributed by atoms with E-state index in [1.807, 2.05) is 57.0 Å². The zero-order valence-corrected chi connectivity index (χ0v) is 30.0. The molecule has 3 amide bonds. The van der Waals surface area contributed by atoms with Gasteiger partial charge in [-0.15, -0.1) is 0 Å². The topological polar surface area (TPSA) is 67.4 Å². The van der Waals surface area contributed by atoms with Crippen molar-refractivity contribution in [2.24, 2.45) is 11.3 Å². The van der Waals surface area contributed by atoms with Crippen molar-refractivity contribution >= 4 is 29.3 Å². The van der Waals surface area contributed by atoms with Crippen LogP contribution in [-0.4, -0.2) is 125 Å². The van der Waals surface area contributed by atoms with Crippen LogP contribution in [0.25, 0.3) is 0 Å². The summed E-state index contributed by atoms with van der Waals surface area (Å²) in [7, 11) is 2.03. The molecule has 1 aliphatic carbocycles. The van der Waals surface area contributed by atoms with Gasteiger partial charge in [0.25, 0.3) is 0 Å². The molecule has 4 aliphatic rings. The fourth-order valence-electron chi connectivity index (χ4n) is 7.91. The summed E-state index contributed by atoms with van der Waals surface area (Å²) in [6.45, 7) is 16.1. The maximum absolute atomic E-state index is 14.9. The number of rotatable bonds is 5. The first-order valence-corrected chi connectivity index (χ1v) is 17.7. The SMILES string of the molecule is CN1CCN(C(=O)[C@@H]2C[C@H](N(C(=O)C(C)(C)C)C3CCC(F)(F)CC3)CN2C(=O)[C@H]2CN(C(C)(C)C)C[C@H]2c2ccc(Cl)cc2)CC1. The van der Waals surface area contributed by atoms with Crippen molar-refractivity contribution in [3.63, 3.8) is 0 Å². The number of alkyl halides is 2. The Morgan fingerprint density at radius 3 is 2.00 bits per heavy atom. The van der Waals surface area contributed by atoms with Gasteiger partial charge in [0.1, 0.15) is 6.04 Å². The number of hydrogen-bond acceptors (Lipinski definition) is 5. The van der Waals surface area contributed by atoms with Crippen molar-refractivity contribution in [3.8, 4) is 0 Å². The van der Waals surface area contributed by atoms with Gasteiger partial charge in [0, 0.05) is 86.6 Å². The van der Waals surface area contributed by atoms with Crippen LogP contribution in [0.1, 0.15) is 85.1 Å². The van der Waals surface area contributed by atoms with E-state index < -0.39 is 29.3 Å². The Kier molecular flexibility index (Phi) is 10.4. The standard InChI is InChI=1S/C36H54ClF2N5O3/c1-34(2,3)33(47)44(26-12-14-36(38,39)15-13-26)27-20-30(32(46)41-18-16-40(7)17-19-41)43(21-27)31(45)29-23-42(35(4,5)6)22-28(29)24-8-10-25(37)11-9-24/h8-11,26-30H,12-23H2,1-7H3/t27-,28-,29-,30-/m0/s1. The molecule has 47 heavy (non-hydrogen) atoms. The van der Waals surface area contributed by atoms with Crippen molar-refractivity contribution < 1.29 is 23.2 Å². The summed E-state index contributed by atoms with van der Waals surface area (Å²) in [5.41, 5.74) is 0.124. The molecule has 5 rings (SSSR count). The molecule has 8 nitrogen and oxygen atoms in total. The van der Waals surface area contributed by atoms with Gasteiger partial charge in [0.2, 0.25) is 23.6 Å². The molecule has 262 valence electrons. The van der Waals surface area contributed by atoms with Gasteiger partial charge >= 0.3 is 0 Å². The van der Waals surface area contributed by atoms with Crippen molar-refractivity contribution in [1.82, 2.24) is 24.5 Å². The Hall–Kier alpha value is -2.30.